The average molecular weight is 474 g/mol. The number of hydrogen-bond donors (Lipinski definition) is 2. The molecular formula is C25H28ClNO6. The van der Waals surface area contributed by atoms with Crippen LogP contribution in [-0.4, -0.2) is 47.1 Å². The molecule has 8 heteroatoms. The number of methoxy groups -OCH3 is 1. The minimum absolute atomic E-state index is 0.0865. The van der Waals surface area contributed by atoms with Crippen LogP contribution in [0.5, 0.6) is 17.2 Å². The van der Waals surface area contributed by atoms with E-state index in [4.69, 9.17) is 21.1 Å². The molecule has 0 aliphatic carbocycles. The topological polar surface area (TPSA) is 96.3 Å². The van der Waals surface area contributed by atoms with E-state index in [1.165, 1.54) is 24.1 Å². The number of benzene rings is 2. The van der Waals surface area contributed by atoms with Gasteiger partial charge in [-0.15, -0.1) is 0 Å². The van der Waals surface area contributed by atoms with Crippen molar-refractivity contribution in [1.29, 1.82) is 0 Å². The molecule has 0 radical (unpaired) electrons. The van der Waals surface area contributed by atoms with Crippen LogP contribution in [0.4, 0.5) is 0 Å². The zero-order chi connectivity index (χ0) is 24.1. The molecule has 1 unspecified atom stereocenters. The van der Waals surface area contributed by atoms with Gasteiger partial charge >= 0.3 is 0 Å². The van der Waals surface area contributed by atoms with Crippen LogP contribution in [0.3, 0.4) is 0 Å². The fourth-order valence-electron chi connectivity index (χ4n) is 3.95. The second-order valence-electron chi connectivity index (χ2n) is 7.71. The summed E-state index contributed by atoms with van der Waals surface area (Å²) in [5.74, 6) is -1.30. The number of aliphatic hydroxyl groups excluding tert-OH is 1. The van der Waals surface area contributed by atoms with Gasteiger partial charge in [-0.2, -0.15) is 0 Å². The molecule has 2 aromatic rings. The molecule has 7 nitrogen and oxygen atoms in total. The van der Waals surface area contributed by atoms with E-state index in [0.717, 1.165) is 12.8 Å². The highest BCUT2D eigenvalue weighted by atomic mass is 35.5. The van der Waals surface area contributed by atoms with Crippen LogP contribution in [0.15, 0.2) is 42.0 Å². The van der Waals surface area contributed by atoms with E-state index in [-0.39, 0.29) is 27.7 Å². The zero-order valence-corrected chi connectivity index (χ0v) is 19.7. The Hall–Kier alpha value is -3.19. The Balaban J connectivity index is 2.18. The lowest BCUT2D eigenvalue weighted by Crippen LogP contribution is -2.30. The first-order chi connectivity index (χ1) is 15.8. The Morgan fingerprint density at radius 3 is 2.52 bits per heavy atom. The number of ketones is 1. The Kier molecular flexibility index (Phi) is 7.87. The molecule has 1 amide bonds. The maximum atomic E-state index is 13.1. The molecule has 2 N–H and O–H groups in total. The fourth-order valence-corrected chi connectivity index (χ4v) is 4.16. The molecule has 1 aliphatic heterocycles. The van der Waals surface area contributed by atoms with Gasteiger partial charge in [-0.05, 0) is 49.2 Å². The van der Waals surface area contributed by atoms with Gasteiger partial charge in [0.1, 0.15) is 11.5 Å². The van der Waals surface area contributed by atoms with Crippen LogP contribution in [0, 0.1) is 0 Å². The van der Waals surface area contributed by atoms with E-state index in [1.54, 1.807) is 24.3 Å². The number of nitrogens with zero attached hydrogens (tertiary/aromatic N) is 1. The number of likely N-dealkylation sites (tertiary alicyclic amines) is 1. The molecule has 0 aromatic heterocycles. The smallest absolute Gasteiger partial charge is 0.295 e. The van der Waals surface area contributed by atoms with Gasteiger partial charge in [0.2, 0.25) is 0 Å². The summed E-state index contributed by atoms with van der Waals surface area (Å²) in [7, 11) is 1.43. The number of amides is 1. The van der Waals surface area contributed by atoms with Gasteiger partial charge in [0.15, 0.2) is 11.5 Å². The maximum absolute atomic E-state index is 13.1. The second kappa shape index (κ2) is 10.6. The van der Waals surface area contributed by atoms with Crippen molar-refractivity contribution in [3.8, 4) is 17.2 Å². The first-order valence-corrected chi connectivity index (χ1v) is 11.3. The molecular weight excluding hydrogens is 446 g/mol. The number of rotatable bonds is 9. The largest absolute Gasteiger partial charge is 0.507 e. The number of Topliss-reactive ketones (excluding diaryl/α,β-unsaturated/α-hetero) is 1. The number of hydrogen-bond acceptors (Lipinski definition) is 6. The fraction of sp³-hybridized carbons (Fsp3) is 0.360. The third-order valence-corrected chi connectivity index (χ3v) is 5.89. The van der Waals surface area contributed by atoms with Gasteiger partial charge in [0.25, 0.3) is 11.7 Å². The molecule has 1 saturated heterocycles. The van der Waals surface area contributed by atoms with Crippen molar-refractivity contribution >= 4 is 29.1 Å². The van der Waals surface area contributed by atoms with E-state index >= 15 is 0 Å². The predicted molar refractivity (Wildman–Crippen MR) is 126 cm³/mol. The number of halogens is 1. The standard InChI is InChI=1S/C25H28ClNO6/c1-4-6-7-12-27-22(15-8-11-20(32-3)19(28)13-15)21(24(30)25(27)31)23(29)17-14-16(33-5-2)9-10-18(17)26/h8-11,13-14,22,28-29H,4-7,12H2,1-3H3/b23-21+. The van der Waals surface area contributed by atoms with Gasteiger partial charge in [-0.1, -0.05) is 37.4 Å². The Bertz CT molecular complexity index is 1080. The summed E-state index contributed by atoms with van der Waals surface area (Å²) in [6, 6.07) is 8.53. The van der Waals surface area contributed by atoms with Gasteiger partial charge < -0.3 is 24.6 Å². The highest BCUT2D eigenvalue weighted by molar-refractivity contribution is 6.47. The molecule has 1 heterocycles. The summed E-state index contributed by atoms with van der Waals surface area (Å²) in [5.41, 5.74) is 0.580. The first-order valence-electron chi connectivity index (χ1n) is 10.9. The summed E-state index contributed by atoms with van der Waals surface area (Å²) < 4.78 is 10.6. The summed E-state index contributed by atoms with van der Waals surface area (Å²) in [6.07, 6.45) is 2.52. The summed E-state index contributed by atoms with van der Waals surface area (Å²) >= 11 is 6.33. The lowest BCUT2D eigenvalue weighted by Gasteiger charge is -2.25. The molecule has 2 aromatic carbocycles. The third-order valence-electron chi connectivity index (χ3n) is 5.57. The number of carbonyl (C=O) groups excluding carboxylic acids is 2. The minimum Gasteiger partial charge on any atom is -0.507 e. The Morgan fingerprint density at radius 2 is 1.88 bits per heavy atom. The average Bonchev–Trinajstić information content (AvgIpc) is 3.05. The van der Waals surface area contributed by atoms with Crippen LogP contribution in [0.25, 0.3) is 5.76 Å². The van der Waals surface area contributed by atoms with E-state index in [9.17, 15) is 19.8 Å². The molecule has 1 aliphatic rings. The summed E-state index contributed by atoms with van der Waals surface area (Å²) in [5, 5.41) is 21.8. The molecule has 0 bridgehead atoms. The Labute approximate surface area is 198 Å². The Morgan fingerprint density at radius 1 is 1.12 bits per heavy atom. The van der Waals surface area contributed by atoms with Crippen molar-refractivity contribution in [2.24, 2.45) is 0 Å². The van der Waals surface area contributed by atoms with E-state index in [1.807, 2.05) is 13.8 Å². The number of aliphatic hydroxyl groups is 1. The molecule has 1 atom stereocenters. The van der Waals surface area contributed by atoms with E-state index < -0.39 is 23.5 Å². The number of aromatic hydroxyl groups is 1. The van der Waals surface area contributed by atoms with Crippen LogP contribution < -0.4 is 9.47 Å². The van der Waals surface area contributed by atoms with Gasteiger partial charge in [-0.3, -0.25) is 9.59 Å². The highest BCUT2D eigenvalue weighted by Crippen LogP contribution is 2.43. The first kappa shape index (κ1) is 24.5. The summed E-state index contributed by atoms with van der Waals surface area (Å²) in [6.45, 7) is 4.61. The van der Waals surface area contributed by atoms with Gasteiger partial charge in [-0.25, -0.2) is 0 Å². The van der Waals surface area contributed by atoms with Crippen molar-refractivity contribution in [2.75, 3.05) is 20.3 Å². The lowest BCUT2D eigenvalue weighted by atomic mass is 9.94. The second-order valence-corrected chi connectivity index (χ2v) is 8.11. The SMILES string of the molecule is CCCCCN1C(=O)C(=O)/C(=C(/O)c2cc(OCC)ccc2Cl)C1c1ccc(OC)c(O)c1. The van der Waals surface area contributed by atoms with E-state index in [2.05, 4.69) is 0 Å². The van der Waals surface area contributed by atoms with Crippen molar-refractivity contribution in [3.05, 3.63) is 58.1 Å². The van der Waals surface area contributed by atoms with Crippen molar-refractivity contribution in [2.45, 2.75) is 39.2 Å². The number of unbranched alkanes of at least 4 members (excludes halogenated alkanes) is 2. The maximum Gasteiger partial charge on any atom is 0.295 e. The summed E-state index contributed by atoms with van der Waals surface area (Å²) in [4.78, 5) is 27.5. The van der Waals surface area contributed by atoms with Crippen LogP contribution in [0.1, 0.15) is 50.3 Å². The molecule has 3 rings (SSSR count). The van der Waals surface area contributed by atoms with Crippen molar-refractivity contribution in [1.82, 2.24) is 4.90 Å². The van der Waals surface area contributed by atoms with E-state index in [0.29, 0.717) is 30.9 Å². The number of phenolic OH excluding ortho intramolecular Hbond substituents is 1. The lowest BCUT2D eigenvalue weighted by molar-refractivity contribution is -0.139. The van der Waals surface area contributed by atoms with Gasteiger partial charge in [0.05, 0.1) is 30.4 Å². The predicted octanol–water partition coefficient (Wildman–Crippen LogP) is 5.06. The van der Waals surface area contributed by atoms with Crippen molar-refractivity contribution in [3.63, 3.8) is 0 Å². The molecule has 0 saturated carbocycles. The normalized spacial score (nSPS) is 17.5. The molecule has 1 fully saturated rings. The van der Waals surface area contributed by atoms with Gasteiger partial charge in [0, 0.05) is 12.1 Å². The number of ether oxygens (including phenoxy) is 2. The molecule has 0 spiro atoms. The van der Waals surface area contributed by atoms with Crippen molar-refractivity contribution < 1.29 is 29.3 Å². The number of phenols is 1. The number of carbonyl (C=O) groups is 2. The van der Waals surface area contributed by atoms with Crippen LogP contribution >= 0.6 is 11.6 Å². The zero-order valence-electron chi connectivity index (χ0n) is 18.9. The quantitative estimate of drug-likeness (QED) is 0.228. The third kappa shape index (κ3) is 4.93. The van der Waals surface area contributed by atoms with Crippen LogP contribution in [-0.2, 0) is 9.59 Å². The molecule has 176 valence electrons. The molecule has 33 heavy (non-hydrogen) atoms. The van der Waals surface area contributed by atoms with Crippen LogP contribution in [0.2, 0.25) is 5.02 Å². The minimum atomic E-state index is -0.884. The highest BCUT2D eigenvalue weighted by Gasteiger charge is 2.46. The monoisotopic (exact) mass is 473 g/mol.